The Morgan fingerprint density at radius 3 is 2.67 bits per heavy atom. The Labute approximate surface area is 56.4 Å². The van der Waals surface area contributed by atoms with Crippen molar-refractivity contribution in [1.82, 2.24) is 0 Å². The van der Waals surface area contributed by atoms with Crippen molar-refractivity contribution >= 4 is 0 Å². The summed E-state index contributed by atoms with van der Waals surface area (Å²) in [5.41, 5.74) is 6.69. The minimum absolute atomic E-state index is 0.0746. The summed E-state index contributed by atoms with van der Waals surface area (Å²) in [4.78, 5) is 0. The molecule has 1 atom stereocenters. The highest BCUT2D eigenvalue weighted by molar-refractivity contribution is 4.97. The molecule has 0 aliphatic carbocycles. The summed E-state index contributed by atoms with van der Waals surface area (Å²) in [7, 11) is 0. The molecule has 0 heterocycles. The predicted octanol–water partition coefficient (Wildman–Crippen LogP) is 0.662. The molecule has 0 radical (unpaired) electrons. The van der Waals surface area contributed by atoms with E-state index < -0.39 is 0 Å². The lowest BCUT2D eigenvalue weighted by atomic mass is 10.1. The fraction of sp³-hybridized carbons (Fsp3) is 0.714. The van der Waals surface area contributed by atoms with Gasteiger partial charge in [-0.25, -0.2) is 0 Å². The van der Waals surface area contributed by atoms with Crippen molar-refractivity contribution in [2.24, 2.45) is 5.73 Å². The normalized spacial score (nSPS) is 15.8. The van der Waals surface area contributed by atoms with E-state index in [2.05, 4.69) is 0 Å². The van der Waals surface area contributed by atoms with E-state index in [-0.39, 0.29) is 12.6 Å². The average molecular weight is 129 g/mol. The Balaban J connectivity index is 3.47. The Kier molecular flexibility index (Phi) is 4.36. The van der Waals surface area contributed by atoms with Crippen LogP contribution in [0.15, 0.2) is 11.6 Å². The summed E-state index contributed by atoms with van der Waals surface area (Å²) < 4.78 is 0. The fourth-order valence-corrected chi connectivity index (χ4v) is 0.596. The molecule has 0 bridgehead atoms. The van der Waals surface area contributed by atoms with Crippen LogP contribution in [0.2, 0.25) is 0 Å². The Morgan fingerprint density at radius 1 is 1.78 bits per heavy atom. The monoisotopic (exact) mass is 129 g/mol. The van der Waals surface area contributed by atoms with Crippen molar-refractivity contribution in [3.8, 4) is 0 Å². The van der Waals surface area contributed by atoms with Gasteiger partial charge in [-0.1, -0.05) is 11.6 Å². The van der Waals surface area contributed by atoms with Gasteiger partial charge in [0.15, 0.2) is 0 Å². The van der Waals surface area contributed by atoms with Gasteiger partial charge in [-0.2, -0.15) is 0 Å². The summed E-state index contributed by atoms with van der Waals surface area (Å²) in [6.45, 7) is 4.06. The zero-order valence-electron chi connectivity index (χ0n) is 6.09. The van der Waals surface area contributed by atoms with E-state index in [1.807, 2.05) is 19.9 Å². The first-order valence-electron chi connectivity index (χ1n) is 3.19. The molecular weight excluding hydrogens is 114 g/mol. The smallest absolute Gasteiger partial charge is 0.0585 e. The van der Waals surface area contributed by atoms with Crippen LogP contribution in [0.4, 0.5) is 0 Å². The zero-order valence-corrected chi connectivity index (χ0v) is 6.09. The van der Waals surface area contributed by atoms with E-state index in [1.165, 1.54) is 5.57 Å². The highest BCUT2D eigenvalue weighted by Crippen LogP contribution is 2.00. The van der Waals surface area contributed by atoms with Crippen LogP contribution < -0.4 is 5.73 Å². The number of rotatable bonds is 3. The molecule has 0 aromatic heterocycles. The van der Waals surface area contributed by atoms with Crippen LogP contribution in [-0.4, -0.2) is 17.8 Å². The molecular formula is C7H15NO. The summed E-state index contributed by atoms with van der Waals surface area (Å²) in [6, 6.07) is -0.0822. The molecule has 0 saturated carbocycles. The Hall–Kier alpha value is -0.340. The molecule has 3 N–H and O–H groups in total. The van der Waals surface area contributed by atoms with Crippen LogP contribution in [0.5, 0.6) is 0 Å². The second kappa shape index (κ2) is 4.53. The maximum atomic E-state index is 8.53. The van der Waals surface area contributed by atoms with Crippen LogP contribution in [0, 0.1) is 0 Å². The van der Waals surface area contributed by atoms with Crippen LogP contribution in [-0.2, 0) is 0 Å². The van der Waals surface area contributed by atoms with Crippen LogP contribution in [0.1, 0.15) is 20.3 Å². The van der Waals surface area contributed by atoms with E-state index in [0.29, 0.717) is 0 Å². The molecule has 54 valence electrons. The second-order valence-corrected chi connectivity index (χ2v) is 2.28. The van der Waals surface area contributed by atoms with Crippen LogP contribution >= 0.6 is 0 Å². The number of hydrogen-bond donors (Lipinski definition) is 2. The molecule has 0 rings (SSSR count). The maximum Gasteiger partial charge on any atom is 0.0585 e. The lowest BCUT2D eigenvalue weighted by Gasteiger charge is -2.06. The van der Waals surface area contributed by atoms with Gasteiger partial charge in [-0.05, 0) is 20.3 Å². The first-order chi connectivity index (χ1) is 4.20. The van der Waals surface area contributed by atoms with Crippen molar-refractivity contribution in [2.75, 3.05) is 6.61 Å². The number of hydrogen-bond acceptors (Lipinski definition) is 2. The van der Waals surface area contributed by atoms with Crippen molar-refractivity contribution in [2.45, 2.75) is 26.3 Å². The first-order valence-corrected chi connectivity index (χ1v) is 3.19. The lowest BCUT2D eigenvalue weighted by molar-refractivity contribution is 0.265. The van der Waals surface area contributed by atoms with Gasteiger partial charge < -0.3 is 10.8 Å². The number of aliphatic hydroxyl groups is 1. The standard InChI is InChI=1S/C7H15NO/c1-3-6(2)4-7(8)5-9/h3,7,9H,4-5,8H2,1-2H3/b6-3+. The van der Waals surface area contributed by atoms with Gasteiger partial charge >= 0.3 is 0 Å². The minimum Gasteiger partial charge on any atom is -0.395 e. The highest BCUT2D eigenvalue weighted by Gasteiger charge is 1.98. The number of allylic oxidation sites excluding steroid dienone is 1. The molecule has 0 aromatic rings. The number of nitrogens with two attached hydrogens (primary N) is 1. The predicted molar refractivity (Wildman–Crippen MR) is 39.1 cm³/mol. The van der Waals surface area contributed by atoms with Crippen LogP contribution in [0.3, 0.4) is 0 Å². The Morgan fingerprint density at radius 2 is 2.33 bits per heavy atom. The van der Waals surface area contributed by atoms with E-state index in [1.54, 1.807) is 0 Å². The van der Waals surface area contributed by atoms with Crippen molar-refractivity contribution in [3.63, 3.8) is 0 Å². The number of aliphatic hydroxyl groups excluding tert-OH is 1. The molecule has 2 nitrogen and oxygen atoms in total. The topological polar surface area (TPSA) is 46.2 Å². The summed E-state index contributed by atoms with van der Waals surface area (Å²) >= 11 is 0. The lowest BCUT2D eigenvalue weighted by Crippen LogP contribution is -2.24. The minimum atomic E-state index is -0.0822. The molecule has 0 saturated heterocycles. The maximum absolute atomic E-state index is 8.53. The van der Waals surface area contributed by atoms with E-state index >= 15 is 0 Å². The van der Waals surface area contributed by atoms with Gasteiger partial charge in [0.25, 0.3) is 0 Å². The van der Waals surface area contributed by atoms with Gasteiger partial charge in [0.05, 0.1) is 6.61 Å². The van der Waals surface area contributed by atoms with E-state index in [9.17, 15) is 0 Å². The molecule has 0 spiro atoms. The average Bonchev–Trinajstić information content (AvgIpc) is 1.87. The van der Waals surface area contributed by atoms with Gasteiger partial charge in [0.2, 0.25) is 0 Å². The molecule has 0 aliphatic heterocycles. The molecule has 0 fully saturated rings. The largest absolute Gasteiger partial charge is 0.395 e. The molecule has 2 heteroatoms. The third-order valence-electron chi connectivity index (χ3n) is 1.31. The first kappa shape index (κ1) is 8.66. The van der Waals surface area contributed by atoms with E-state index in [0.717, 1.165) is 6.42 Å². The zero-order chi connectivity index (χ0) is 7.28. The summed E-state index contributed by atoms with van der Waals surface area (Å²) in [6.07, 6.45) is 2.81. The van der Waals surface area contributed by atoms with Gasteiger partial charge in [0.1, 0.15) is 0 Å². The van der Waals surface area contributed by atoms with Crippen molar-refractivity contribution in [1.29, 1.82) is 0 Å². The highest BCUT2D eigenvalue weighted by atomic mass is 16.3. The SMILES string of the molecule is C/C=C(\C)CC(N)CO. The molecule has 0 aliphatic rings. The van der Waals surface area contributed by atoms with Crippen LogP contribution in [0.25, 0.3) is 0 Å². The molecule has 1 unspecified atom stereocenters. The Bertz CT molecular complexity index is 99.1. The quantitative estimate of drug-likeness (QED) is 0.550. The molecule has 9 heavy (non-hydrogen) atoms. The third-order valence-corrected chi connectivity index (χ3v) is 1.31. The molecule has 0 amide bonds. The third kappa shape index (κ3) is 4.18. The van der Waals surface area contributed by atoms with Crippen molar-refractivity contribution < 1.29 is 5.11 Å². The van der Waals surface area contributed by atoms with Gasteiger partial charge in [-0.3, -0.25) is 0 Å². The van der Waals surface area contributed by atoms with Crippen molar-refractivity contribution in [3.05, 3.63) is 11.6 Å². The van der Waals surface area contributed by atoms with Gasteiger partial charge in [-0.15, -0.1) is 0 Å². The second-order valence-electron chi connectivity index (χ2n) is 2.28. The summed E-state index contributed by atoms with van der Waals surface area (Å²) in [5, 5.41) is 8.53. The fourth-order valence-electron chi connectivity index (χ4n) is 0.596. The van der Waals surface area contributed by atoms with E-state index in [4.69, 9.17) is 10.8 Å². The molecule has 0 aromatic carbocycles. The summed E-state index contributed by atoms with van der Waals surface area (Å²) in [5.74, 6) is 0. The van der Waals surface area contributed by atoms with Gasteiger partial charge in [0, 0.05) is 6.04 Å².